The van der Waals surface area contributed by atoms with E-state index < -0.39 is 23.2 Å². The molecule has 0 aromatic rings. The summed E-state index contributed by atoms with van der Waals surface area (Å²) in [5.41, 5.74) is -0.740. The average Bonchev–Trinajstić information content (AvgIpc) is 3.34. The number of ketones is 3. The number of nitrogens with zero attached hydrogens (tertiary/aromatic N) is 1. The van der Waals surface area contributed by atoms with Crippen molar-refractivity contribution in [3.63, 3.8) is 0 Å². The van der Waals surface area contributed by atoms with Gasteiger partial charge in [0.05, 0.1) is 0 Å². The molecule has 1 aliphatic heterocycles. The number of carbonyl (C=O) groups excluding carboxylic acids is 6. The maximum Gasteiger partial charge on any atom is 0.333 e. The van der Waals surface area contributed by atoms with Crippen LogP contribution in [0.15, 0.2) is 0 Å². The minimum Gasteiger partial charge on any atom is -0.330 e. The standard InChI is InChI=1S/C28H37NO7/c1-15(4-9-25(35)36-29-23(33)7-8-24(29)34)18-5-6-19-26-20(14-22(32)28(18,19)3)27(2)11-10-17(30)12-16(27)13-21(26)31/h15-16,18-20,26H,4-14H2,1-3H3/t15-,16+,18-,19+,20+,26+,27+,28-/m1/s1. The van der Waals surface area contributed by atoms with Crippen LogP contribution in [-0.2, 0) is 33.6 Å². The normalized spacial score (nSPS) is 41.1. The Balaban J connectivity index is 1.29. The number of hydroxylamine groups is 2. The molecule has 8 nitrogen and oxygen atoms in total. The van der Waals surface area contributed by atoms with Gasteiger partial charge in [-0.05, 0) is 60.7 Å². The fraction of sp³-hybridized carbons (Fsp3) is 0.786. The number of carbonyl (C=O) groups is 6. The molecule has 5 fully saturated rings. The van der Waals surface area contributed by atoms with Crippen molar-refractivity contribution in [2.75, 3.05) is 0 Å². The molecule has 0 aromatic carbocycles. The summed E-state index contributed by atoms with van der Waals surface area (Å²) in [6.45, 7) is 6.29. The molecule has 8 heteroatoms. The molecule has 5 rings (SSSR count). The molecule has 1 saturated heterocycles. The van der Waals surface area contributed by atoms with Gasteiger partial charge < -0.3 is 4.84 Å². The smallest absolute Gasteiger partial charge is 0.330 e. The Morgan fingerprint density at radius 1 is 0.972 bits per heavy atom. The second-order valence-electron chi connectivity index (χ2n) is 12.5. The van der Waals surface area contributed by atoms with Gasteiger partial charge in [0.1, 0.15) is 17.3 Å². The predicted octanol–water partition coefficient (Wildman–Crippen LogP) is 3.60. The number of rotatable bonds is 5. The summed E-state index contributed by atoms with van der Waals surface area (Å²) >= 11 is 0. The van der Waals surface area contributed by atoms with Crippen LogP contribution in [0.5, 0.6) is 0 Å². The zero-order valence-corrected chi connectivity index (χ0v) is 21.5. The van der Waals surface area contributed by atoms with Crippen molar-refractivity contribution in [2.45, 2.75) is 91.4 Å². The number of Topliss-reactive ketones (excluding diaryl/α,β-unsaturated/α-hetero) is 3. The van der Waals surface area contributed by atoms with Crippen molar-refractivity contribution in [1.29, 1.82) is 0 Å². The molecule has 0 aromatic heterocycles. The molecule has 0 radical (unpaired) electrons. The van der Waals surface area contributed by atoms with E-state index in [1.54, 1.807) is 0 Å². The predicted molar refractivity (Wildman–Crippen MR) is 127 cm³/mol. The quantitative estimate of drug-likeness (QED) is 0.531. The topological polar surface area (TPSA) is 115 Å². The van der Waals surface area contributed by atoms with E-state index in [1.807, 2.05) is 13.8 Å². The molecule has 4 aliphatic carbocycles. The van der Waals surface area contributed by atoms with Crippen molar-refractivity contribution < 1.29 is 33.6 Å². The first kappa shape index (κ1) is 25.3. The zero-order chi connectivity index (χ0) is 26.0. The van der Waals surface area contributed by atoms with Gasteiger partial charge in [-0.1, -0.05) is 20.8 Å². The van der Waals surface area contributed by atoms with Crippen molar-refractivity contribution >= 4 is 35.1 Å². The van der Waals surface area contributed by atoms with E-state index in [0.717, 1.165) is 19.3 Å². The molecule has 0 unspecified atom stereocenters. The zero-order valence-electron chi connectivity index (χ0n) is 21.5. The molecule has 36 heavy (non-hydrogen) atoms. The van der Waals surface area contributed by atoms with Gasteiger partial charge in [0.15, 0.2) is 0 Å². The molecule has 8 atom stereocenters. The lowest BCUT2D eigenvalue weighted by atomic mass is 9.44. The Hall–Kier alpha value is -2.38. The summed E-state index contributed by atoms with van der Waals surface area (Å²) in [5, 5.41) is 0.575. The van der Waals surface area contributed by atoms with Crippen LogP contribution < -0.4 is 0 Å². The van der Waals surface area contributed by atoms with Gasteiger partial charge in [-0.2, -0.15) is 0 Å². The maximum atomic E-state index is 13.8. The lowest BCUT2D eigenvalue weighted by Gasteiger charge is -2.58. The van der Waals surface area contributed by atoms with Crippen LogP contribution in [0.2, 0.25) is 0 Å². The Bertz CT molecular complexity index is 1020. The van der Waals surface area contributed by atoms with Crippen molar-refractivity contribution in [1.82, 2.24) is 5.06 Å². The van der Waals surface area contributed by atoms with Crippen LogP contribution in [0.25, 0.3) is 0 Å². The van der Waals surface area contributed by atoms with E-state index in [9.17, 15) is 28.8 Å². The molecule has 4 saturated carbocycles. The SMILES string of the molecule is C[C@H](CCC(=O)ON1C(=O)CCC1=O)[C@H]1CC[C@H]2[C@@H]3C(=O)C[C@@H]4CC(=O)CC[C@]4(C)[C@H]3CC(=O)[C@]12C. The number of hydrogen-bond acceptors (Lipinski definition) is 7. The van der Waals surface area contributed by atoms with Gasteiger partial charge in [-0.3, -0.25) is 24.0 Å². The highest BCUT2D eigenvalue weighted by atomic mass is 16.7. The fourth-order valence-corrected chi connectivity index (χ4v) is 8.74. The molecule has 196 valence electrons. The lowest BCUT2D eigenvalue weighted by molar-refractivity contribution is -0.197. The Morgan fingerprint density at radius 2 is 1.67 bits per heavy atom. The summed E-state index contributed by atoms with van der Waals surface area (Å²) in [6, 6.07) is 0. The number of fused-ring (bicyclic) bond motifs is 5. The second kappa shape index (κ2) is 8.88. The number of hydrogen-bond donors (Lipinski definition) is 0. The van der Waals surface area contributed by atoms with Gasteiger partial charge in [0.25, 0.3) is 11.8 Å². The first-order chi connectivity index (χ1) is 17.0. The van der Waals surface area contributed by atoms with Gasteiger partial charge in [-0.15, -0.1) is 5.06 Å². The van der Waals surface area contributed by atoms with Crippen LogP contribution >= 0.6 is 0 Å². The van der Waals surface area contributed by atoms with E-state index in [-0.39, 0.29) is 77.5 Å². The lowest BCUT2D eigenvalue weighted by Crippen LogP contribution is -2.60. The highest BCUT2D eigenvalue weighted by Gasteiger charge is 2.66. The minimum atomic E-state index is -0.617. The maximum absolute atomic E-state index is 13.8. The van der Waals surface area contributed by atoms with Crippen LogP contribution in [0, 0.1) is 46.3 Å². The van der Waals surface area contributed by atoms with E-state index in [1.165, 1.54) is 0 Å². The molecule has 2 amide bonds. The monoisotopic (exact) mass is 499 g/mol. The summed E-state index contributed by atoms with van der Waals surface area (Å²) in [5.74, 6) is -0.849. The summed E-state index contributed by atoms with van der Waals surface area (Å²) in [4.78, 5) is 80.3. The van der Waals surface area contributed by atoms with E-state index in [4.69, 9.17) is 4.84 Å². The van der Waals surface area contributed by atoms with Crippen LogP contribution in [0.1, 0.15) is 91.4 Å². The van der Waals surface area contributed by atoms with Gasteiger partial charge in [-0.25, -0.2) is 4.79 Å². The first-order valence-electron chi connectivity index (χ1n) is 13.6. The van der Waals surface area contributed by atoms with E-state index in [0.29, 0.717) is 37.2 Å². The molecule has 0 spiro atoms. The Morgan fingerprint density at radius 3 is 2.36 bits per heavy atom. The summed E-state index contributed by atoms with van der Waals surface area (Å²) in [7, 11) is 0. The fourth-order valence-electron chi connectivity index (χ4n) is 8.74. The second-order valence-corrected chi connectivity index (χ2v) is 12.5. The third-order valence-corrected chi connectivity index (χ3v) is 10.9. The Labute approximate surface area is 211 Å². The van der Waals surface area contributed by atoms with Crippen LogP contribution in [-0.4, -0.2) is 40.2 Å². The number of amides is 2. The van der Waals surface area contributed by atoms with Crippen LogP contribution in [0.3, 0.4) is 0 Å². The van der Waals surface area contributed by atoms with Gasteiger partial charge >= 0.3 is 5.97 Å². The molecular weight excluding hydrogens is 462 g/mol. The first-order valence-corrected chi connectivity index (χ1v) is 13.6. The van der Waals surface area contributed by atoms with Crippen molar-refractivity contribution in [3.8, 4) is 0 Å². The van der Waals surface area contributed by atoms with E-state index in [2.05, 4.69) is 6.92 Å². The highest BCUT2D eigenvalue weighted by molar-refractivity contribution is 6.01. The third-order valence-electron chi connectivity index (χ3n) is 10.9. The van der Waals surface area contributed by atoms with Crippen molar-refractivity contribution in [3.05, 3.63) is 0 Å². The summed E-state index contributed by atoms with van der Waals surface area (Å²) in [6.07, 6.45) is 4.95. The van der Waals surface area contributed by atoms with Gasteiger partial charge in [0, 0.05) is 56.3 Å². The largest absolute Gasteiger partial charge is 0.333 e. The number of imide groups is 1. The molecule has 0 bridgehead atoms. The van der Waals surface area contributed by atoms with Crippen molar-refractivity contribution in [2.24, 2.45) is 46.3 Å². The molecular formula is C28H37NO7. The molecule has 0 N–H and O–H groups in total. The highest BCUT2D eigenvalue weighted by Crippen LogP contribution is 2.66. The molecule has 1 heterocycles. The summed E-state index contributed by atoms with van der Waals surface area (Å²) < 4.78 is 0. The molecule has 5 aliphatic rings. The van der Waals surface area contributed by atoms with Crippen LogP contribution in [0.4, 0.5) is 0 Å². The van der Waals surface area contributed by atoms with E-state index >= 15 is 0 Å². The Kier molecular flexibility index (Phi) is 6.23. The minimum absolute atomic E-state index is 0.00546. The average molecular weight is 500 g/mol. The van der Waals surface area contributed by atoms with Gasteiger partial charge in [0.2, 0.25) is 0 Å². The third kappa shape index (κ3) is 3.77.